The van der Waals surface area contributed by atoms with Gasteiger partial charge in [-0.3, -0.25) is 14.6 Å². The Balaban J connectivity index is 1.43. The molecule has 5 rings (SSSR count). The van der Waals surface area contributed by atoms with Crippen LogP contribution in [0.2, 0.25) is 5.02 Å². The molecule has 4 aromatic rings. The molecule has 156 valence electrons. The molecular formula is C26H18ClN3O2. The van der Waals surface area contributed by atoms with Gasteiger partial charge >= 0.3 is 0 Å². The Morgan fingerprint density at radius 1 is 1.00 bits per heavy atom. The molecule has 5 nitrogen and oxygen atoms in total. The third-order valence-electron chi connectivity index (χ3n) is 5.34. The van der Waals surface area contributed by atoms with Crippen molar-refractivity contribution in [2.24, 2.45) is 0 Å². The number of hydrogen-bond acceptors (Lipinski definition) is 3. The van der Waals surface area contributed by atoms with E-state index in [2.05, 4.69) is 10.3 Å². The highest BCUT2D eigenvalue weighted by atomic mass is 35.5. The molecule has 0 radical (unpaired) electrons. The molecule has 0 unspecified atom stereocenters. The molecule has 1 aromatic heterocycles. The van der Waals surface area contributed by atoms with Crippen LogP contribution < -0.4 is 10.2 Å². The summed E-state index contributed by atoms with van der Waals surface area (Å²) < 4.78 is 0. The number of para-hydroxylation sites is 1. The van der Waals surface area contributed by atoms with Crippen LogP contribution in [0, 0.1) is 0 Å². The maximum Gasteiger partial charge on any atom is 0.259 e. The van der Waals surface area contributed by atoms with E-state index in [1.807, 2.05) is 66.7 Å². The molecule has 32 heavy (non-hydrogen) atoms. The average molecular weight is 440 g/mol. The number of fused-ring (bicyclic) bond motifs is 2. The van der Waals surface area contributed by atoms with Crippen molar-refractivity contribution in [2.75, 3.05) is 10.2 Å². The van der Waals surface area contributed by atoms with Crippen LogP contribution in [0.5, 0.6) is 0 Å². The Bertz CT molecular complexity index is 1400. The lowest BCUT2D eigenvalue weighted by Crippen LogP contribution is -2.26. The third-order valence-corrected chi connectivity index (χ3v) is 5.57. The second-order valence-electron chi connectivity index (χ2n) is 7.50. The first-order valence-electron chi connectivity index (χ1n) is 10.1. The van der Waals surface area contributed by atoms with E-state index in [9.17, 15) is 9.59 Å². The van der Waals surface area contributed by atoms with E-state index in [4.69, 9.17) is 11.6 Å². The second kappa shape index (κ2) is 8.29. The van der Waals surface area contributed by atoms with Gasteiger partial charge in [0.2, 0.25) is 5.91 Å². The Kier molecular flexibility index (Phi) is 5.17. The Morgan fingerprint density at radius 2 is 1.88 bits per heavy atom. The number of benzene rings is 3. The quantitative estimate of drug-likeness (QED) is 0.429. The van der Waals surface area contributed by atoms with Gasteiger partial charge in [-0.1, -0.05) is 48.0 Å². The zero-order valence-corrected chi connectivity index (χ0v) is 17.7. The molecule has 6 heteroatoms. The average Bonchev–Trinajstić information content (AvgIpc) is 3.05. The number of carbonyl (C=O) groups is 2. The number of halogens is 1. The molecule has 1 aliphatic rings. The van der Waals surface area contributed by atoms with Gasteiger partial charge in [0.15, 0.2) is 0 Å². The fraction of sp³-hybridized carbons (Fsp3) is 0.0385. The van der Waals surface area contributed by atoms with Crippen LogP contribution in [0.3, 0.4) is 0 Å². The monoisotopic (exact) mass is 439 g/mol. The second-order valence-corrected chi connectivity index (χ2v) is 7.93. The summed E-state index contributed by atoms with van der Waals surface area (Å²) in [5.74, 6) is -0.583. The molecule has 0 atom stereocenters. The van der Waals surface area contributed by atoms with Crippen LogP contribution in [0.1, 0.15) is 11.1 Å². The lowest BCUT2D eigenvalue weighted by Gasteiger charge is -2.17. The number of hydrogen-bond donors (Lipinski definition) is 1. The summed E-state index contributed by atoms with van der Waals surface area (Å²) in [5, 5.41) is 4.39. The predicted octanol–water partition coefficient (Wildman–Crippen LogP) is 5.46. The van der Waals surface area contributed by atoms with Gasteiger partial charge in [0.05, 0.1) is 23.3 Å². The summed E-state index contributed by atoms with van der Waals surface area (Å²) in [6.45, 7) is 0.368. The summed E-state index contributed by atoms with van der Waals surface area (Å²) in [7, 11) is 0. The molecular weight excluding hydrogens is 422 g/mol. The lowest BCUT2D eigenvalue weighted by atomic mass is 10.1. The van der Waals surface area contributed by atoms with Crippen molar-refractivity contribution in [2.45, 2.75) is 6.54 Å². The molecule has 0 saturated carbocycles. The largest absolute Gasteiger partial charge is 0.322 e. The van der Waals surface area contributed by atoms with Crippen molar-refractivity contribution in [3.05, 3.63) is 107 Å². The van der Waals surface area contributed by atoms with Crippen LogP contribution in [-0.2, 0) is 16.1 Å². The zero-order valence-electron chi connectivity index (χ0n) is 17.0. The van der Waals surface area contributed by atoms with Crippen LogP contribution in [0.25, 0.3) is 16.5 Å². The van der Waals surface area contributed by atoms with Crippen molar-refractivity contribution in [1.29, 1.82) is 0 Å². The summed E-state index contributed by atoms with van der Waals surface area (Å²) in [6, 6.07) is 24.2. The first-order chi connectivity index (χ1) is 15.6. The topological polar surface area (TPSA) is 62.3 Å². The van der Waals surface area contributed by atoms with Gasteiger partial charge in [-0.05, 0) is 48.0 Å². The molecule has 1 N–H and O–H groups in total. The van der Waals surface area contributed by atoms with Crippen molar-refractivity contribution in [1.82, 2.24) is 4.98 Å². The van der Waals surface area contributed by atoms with E-state index in [0.29, 0.717) is 22.8 Å². The van der Waals surface area contributed by atoms with Crippen molar-refractivity contribution >= 4 is 51.3 Å². The van der Waals surface area contributed by atoms with Crippen molar-refractivity contribution in [3.8, 4) is 0 Å². The smallest absolute Gasteiger partial charge is 0.259 e. The number of rotatable bonds is 4. The maximum absolute atomic E-state index is 13.3. The van der Waals surface area contributed by atoms with E-state index in [1.165, 1.54) is 6.08 Å². The highest BCUT2D eigenvalue weighted by molar-refractivity contribution is 6.35. The number of amides is 2. The summed E-state index contributed by atoms with van der Waals surface area (Å²) in [4.78, 5) is 32.0. The first kappa shape index (κ1) is 20.0. The number of nitrogens with zero attached hydrogens (tertiary/aromatic N) is 2. The van der Waals surface area contributed by atoms with Crippen LogP contribution in [0.15, 0.2) is 91.1 Å². The van der Waals surface area contributed by atoms with Gasteiger partial charge in [-0.15, -0.1) is 0 Å². The predicted molar refractivity (Wildman–Crippen MR) is 127 cm³/mol. The highest BCUT2D eigenvalue weighted by Gasteiger charge is 2.32. The Hall–Kier alpha value is -3.96. The van der Waals surface area contributed by atoms with Crippen molar-refractivity contribution in [3.63, 3.8) is 0 Å². The maximum atomic E-state index is 13.3. The fourth-order valence-electron chi connectivity index (χ4n) is 3.88. The zero-order chi connectivity index (χ0) is 22.1. The van der Waals surface area contributed by atoms with E-state index >= 15 is 0 Å². The van der Waals surface area contributed by atoms with Gasteiger partial charge in [0.1, 0.15) is 0 Å². The van der Waals surface area contributed by atoms with Gasteiger partial charge in [0.25, 0.3) is 5.91 Å². The Labute approximate surface area is 190 Å². The van der Waals surface area contributed by atoms with Gasteiger partial charge < -0.3 is 10.2 Å². The number of pyridine rings is 1. The number of aromatic nitrogens is 1. The van der Waals surface area contributed by atoms with E-state index in [-0.39, 0.29) is 11.8 Å². The minimum Gasteiger partial charge on any atom is -0.322 e. The summed E-state index contributed by atoms with van der Waals surface area (Å²) >= 11 is 6.11. The van der Waals surface area contributed by atoms with Gasteiger partial charge in [-0.25, -0.2) is 0 Å². The molecule has 3 aromatic carbocycles. The number of carbonyl (C=O) groups excluding carboxylic acids is 2. The minimum absolute atomic E-state index is 0.218. The van der Waals surface area contributed by atoms with E-state index in [0.717, 1.165) is 27.7 Å². The normalized spacial score (nSPS) is 14.1. The Morgan fingerprint density at radius 3 is 2.75 bits per heavy atom. The number of nitrogens with one attached hydrogen (secondary N) is 1. The summed E-state index contributed by atoms with van der Waals surface area (Å²) in [6.07, 6.45) is 3.09. The summed E-state index contributed by atoms with van der Waals surface area (Å²) in [5.41, 5.74) is 4.27. The first-order valence-corrected chi connectivity index (χ1v) is 10.5. The van der Waals surface area contributed by atoms with Crippen LogP contribution in [-0.4, -0.2) is 16.8 Å². The number of anilines is 2. The van der Waals surface area contributed by atoms with E-state index < -0.39 is 0 Å². The molecule has 1 aliphatic heterocycles. The lowest BCUT2D eigenvalue weighted by molar-refractivity contribution is -0.114. The molecule has 0 spiro atoms. The fourth-order valence-corrected chi connectivity index (χ4v) is 4.10. The molecule has 0 aliphatic carbocycles. The standard InChI is InChI=1S/C26H18ClN3O2/c27-19-7-3-5-17(13-19)16-30-24-9-2-1-8-21(24)22(26(30)32)15-25(31)29-20-10-11-23-18(14-20)6-4-12-28-23/h1-15H,16H2,(H,29,31)/b22-15+. The van der Waals surface area contributed by atoms with Crippen LogP contribution >= 0.6 is 11.6 Å². The third kappa shape index (κ3) is 3.86. The molecule has 2 heterocycles. The molecule has 0 fully saturated rings. The SMILES string of the molecule is O=C(/C=C1/C(=O)N(Cc2cccc(Cl)c2)c2ccccc21)Nc1ccc2ncccc2c1. The highest BCUT2D eigenvalue weighted by Crippen LogP contribution is 2.37. The molecule has 0 bridgehead atoms. The van der Waals surface area contributed by atoms with Crippen molar-refractivity contribution < 1.29 is 9.59 Å². The minimum atomic E-state index is -0.365. The molecule has 2 amide bonds. The van der Waals surface area contributed by atoms with Gasteiger partial charge in [-0.2, -0.15) is 0 Å². The van der Waals surface area contributed by atoms with Gasteiger partial charge in [0, 0.05) is 33.9 Å². The molecule has 0 saturated heterocycles. The van der Waals surface area contributed by atoms with E-state index in [1.54, 1.807) is 23.2 Å². The van der Waals surface area contributed by atoms with Crippen LogP contribution in [0.4, 0.5) is 11.4 Å².